The molecular weight excluding hydrogens is 282 g/mol. The van der Waals surface area contributed by atoms with Gasteiger partial charge in [-0.25, -0.2) is 13.4 Å². The zero-order chi connectivity index (χ0) is 14.9. The van der Waals surface area contributed by atoms with E-state index in [0.717, 1.165) is 10.7 Å². The Morgan fingerprint density at radius 2 is 2.15 bits per heavy atom. The molecule has 0 aliphatic carbocycles. The number of carboxylic acids is 1. The van der Waals surface area contributed by atoms with E-state index in [4.69, 9.17) is 0 Å². The van der Waals surface area contributed by atoms with Crippen LogP contribution in [0.25, 0.3) is 0 Å². The van der Waals surface area contributed by atoms with E-state index >= 15 is 0 Å². The van der Waals surface area contributed by atoms with Gasteiger partial charge in [-0.2, -0.15) is 4.31 Å². The Kier molecular flexibility index (Phi) is 4.14. The molecule has 112 valence electrons. The maximum Gasteiger partial charge on any atom is 0.322 e. The van der Waals surface area contributed by atoms with Crippen LogP contribution in [0, 0.1) is 0 Å². The summed E-state index contributed by atoms with van der Waals surface area (Å²) in [5.41, 5.74) is 0. The van der Waals surface area contributed by atoms with E-state index in [1.807, 2.05) is 13.8 Å². The van der Waals surface area contributed by atoms with Crippen molar-refractivity contribution in [2.45, 2.75) is 50.2 Å². The third-order valence-corrected chi connectivity index (χ3v) is 5.28. The lowest BCUT2D eigenvalue weighted by Gasteiger charge is -2.31. The standard InChI is InChI=1S/C12H19N3O4S/c1-9(2)14-7-11(13-8-14)20(18,19)15-6-4-3-5-10(15)12(16)17/h7-10H,3-6H2,1-2H3,(H,16,17). The first-order valence-corrected chi connectivity index (χ1v) is 8.06. The lowest BCUT2D eigenvalue weighted by atomic mass is 10.1. The zero-order valence-corrected chi connectivity index (χ0v) is 12.4. The summed E-state index contributed by atoms with van der Waals surface area (Å²) in [4.78, 5) is 15.1. The fourth-order valence-corrected chi connectivity index (χ4v) is 3.87. The number of aliphatic carboxylic acids is 1. The van der Waals surface area contributed by atoms with Gasteiger partial charge < -0.3 is 9.67 Å². The van der Waals surface area contributed by atoms with Gasteiger partial charge in [-0.15, -0.1) is 0 Å². The molecule has 20 heavy (non-hydrogen) atoms. The topological polar surface area (TPSA) is 92.5 Å². The first-order chi connectivity index (χ1) is 9.34. The highest BCUT2D eigenvalue weighted by Gasteiger charge is 2.38. The maximum absolute atomic E-state index is 12.5. The summed E-state index contributed by atoms with van der Waals surface area (Å²) in [5, 5.41) is 9.10. The second-order valence-corrected chi connectivity index (χ2v) is 7.06. The molecular formula is C12H19N3O4S. The number of hydrogen-bond acceptors (Lipinski definition) is 4. The average Bonchev–Trinajstić information content (AvgIpc) is 2.89. The molecule has 1 aliphatic heterocycles. The summed E-state index contributed by atoms with van der Waals surface area (Å²) in [5.74, 6) is -1.10. The molecule has 1 aromatic heterocycles. The van der Waals surface area contributed by atoms with Gasteiger partial charge in [0.2, 0.25) is 0 Å². The van der Waals surface area contributed by atoms with Crippen LogP contribution in [0.1, 0.15) is 39.2 Å². The van der Waals surface area contributed by atoms with Crippen molar-refractivity contribution in [1.82, 2.24) is 13.9 Å². The van der Waals surface area contributed by atoms with E-state index < -0.39 is 22.0 Å². The number of piperidine rings is 1. The van der Waals surface area contributed by atoms with E-state index in [1.165, 1.54) is 12.5 Å². The molecule has 0 spiro atoms. The predicted molar refractivity (Wildman–Crippen MR) is 71.8 cm³/mol. The summed E-state index contributed by atoms with van der Waals surface area (Å²) >= 11 is 0. The quantitative estimate of drug-likeness (QED) is 0.898. The minimum Gasteiger partial charge on any atom is -0.480 e. The Hall–Kier alpha value is -1.41. The summed E-state index contributed by atoms with van der Waals surface area (Å²) in [6, 6.07) is -0.888. The molecule has 0 radical (unpaired) electrons. The van der Waals surface area contributed by atoms with Crippen molar-refractivity contribution in [2.24, 2.45) is 0 Å². The van der Waals surface area contributed by atoms with Crippen LogP contribution >= 0.6 is 0 Å². The van der Waals surface area contributed by atoms with Gasteiger partial charge in [0, 0.05) is 18.8 Å². The summed E-state index contributed by atoms with van der Waals surface area (Å²) < 4.78 is 27.8. The Morgan fingerprint density at radius 1 is 1.45 bits per heavy atom. The SMILES string of the molecule is CC(C)n1cnc(S(=O)(=O)N2CCCCC2C(=O)O)c1. The molecule has 1 saturated heterocycles. The molecule has 1 N–H and O–H groups in total. The number of carboxylic acid groups (broad SMARTS) is 1. The third-order valence-electron chi connectivity index (χ3n) is 3.49. The average molecular weight is 301 g/mol. The highest BCUT2D eigenvalue weighted by molar-refractivity contribution is 7.89. The fourth-order valence-electron chi connectivity index (χ4n) is 2.29. The van der Waals surface area contributed by atoms with Gasteiger partial charge in [0.25, 0.3) is 10.0 Å². The highest BCUT2D eigenvalue weighted by Crippen LogP contribution is 2.25. The lowest BCUT2D eigenvalue weighted by molar-refractivity contribution is -0.142. The minimum atomic E-state index is -3.85. The van der Waals surface area contributed by atoms with Crippen LogP contribution in [0.3, 0.4) is 0 Å². The van der Waals surface area contributed by atoms with Crippen molar-refractivity contribution in [3.05, 3.63) is 12.5 Å². The summed E-state index contributed by atoms with van der Waals surface area (Å²) in [6.45, 7) is 4.06. The van der Waals surface area contributed by atoms with Crippen LogP contribution in [0.15, 0.2) is 17.6 Å². The molecule has 0 aromatic carbocycles. The van der Waals surface area contributed by atoms with Crippen LogP contribution in [0.5, 0.6) is 0 Å². The van der Waals surface area contributed by atoms with Crippen LogP contribution in [0.4, 0.5) is 0 Å². The van der Waals surface area contributed by atoms with Crippen molar-refractivity contribution in [1.29, 1.82) is 0 Å². The number of hydrogen-bond donors (Lipinski definition) is 1. The van der Waals surface area contributed by atoms with E-state index in [9.17, 15) is 18.3 Å². The Balaban J connectivity index is 2.34. The van der Waals surface area contributed by atoms with Crippen LogP contribution in [0.2, 0.25) is 0 Å². The third kappa shape index (κ3) is 2.71. The molecule has 2 rings (SSSR count). The summed E-state index contributed by atoms with van der Waals surface area (Å²) in [6.07, 6.45) is 4.65. The molecule has 8 heteroatoms. The molecule has 0 bridgehead atoms. The van der Waals surface area contributed by atoms with Gasteiger partial charge in [-0.05, 0) is 33.1 Å². The highest BCUT2D eigenvalue weighted by atomic mass is 32.2. The first-order valence-electron chi connectivity index (χ1n) is 6.62. The van der Waals surface area contributed by atoms with Gasteiger partial charge in [-0.3, -0.25) is 4.79 Å². The molecule has 1 fully saturated rings. The number of rotatable bonds is 4. The maximum atomic E-state index is 12.5. The molecule has 0 saturated carbocycles. The Bertz CT molecular complexity index is 594. The van der Waals surface area contributed by atoms with Crippen molar-refractivity contribution in [3.8, 4) is 0 Å². The van der Waals surface area contributed by atoms with Gasteiger partial charge in [0.05, 0.1) is 6.33 Å². The molecule has 1 unspecified atom stereocenters. The van der Waals surface area contributed by atoms with E-state index in [1.54, 1.807) is 4.57 Å². The van der Waals surface area contributed by atoms with Crippen molar-refractivity contribution < 1.29 is 18.3 Å². The number of nitrogens with zero attached hydrogens (tertiary/aromatic N) is 3. The van der Waals surface area contributed by atoms with Crippen molar-refractivity contribution >= 4 is 16.0 Å². The molecule has 1 atom stereocenters. The van der Waals surface area contributed by atoms with E-state index in [2.05, 4.69) is 4.98 Å². The Morgan fingerprint density at radius 3 is 2.70 bits per heavy atom. The number of aromatic nitrogens is 2. The minimum absolute atomic E-state index is 0.0839. The second kappa shape index (κ2) is 5.53. The zero-order valence-electron chi connectivity index (χ0n) is 11.6. The molecule has 1 aliphatic rings. The van der Waals surface area contributed by atoms with Gasteiger partial charge in [0.15, 0.2) is 5.03 Å². The lowest BCUT2D eigenvalue weighted by Crippen LogP contribution is -2.47. The van der Waals surface area contributed by atoms with Crippen molar-refractivity contribution in [3.63, 3.8) is 0 Å². The fraction of sp³-hybridized carbons (Fsp3) is 0.667. The number of carbonyl (C=O) groups is 1. The van der Waals surface area contributed by atoms with E-state index in [-0.39, 0.29) is 17.6 Å². The predicted octanol–water partition coefficient (Wildman–Crippen LogP) is 1.09. The molecule has 1 aromatic rings. The first kappa shape index (κ1) is 15.0. The smallest absolute Gasteiger partial charge is 0.322 e. The monoisotopic (exact) mass is 301 g/mol. The van der Waals surface area contributed by atoms with E-state index in [0.29, 0.717) is 12.8 Å². The molecule has 0 amide bonds. The van der Waals surface area contributed by atoms with Crippen molar-refractivity contribution in [2.75, 3.05) is 6.54 Å². The van der Waals surface area contributed by atoms with Crippen LogP contribution in [-0.4, -0.2) is 45.9 Å². The van der Waals surface area contributed by atoms with Gasteiger partial charge >= 0.3 is 5.97 Å². The Labute approximate surface area is 118 Å². The van der Waals surface area contributed by atoms with Gasteiger partial charge in [-0.1, -0.05) is 0 Å². The number of imidazole rings is 1. The largest absolute Gasteiger partial charge is 0.480 e. The molecule has 7 nitrogen and oxygen atoms in total. The number of sulfonamides is 1. The van der Waals surface area contributed by atoms with Crippen LogP contribution in [-0.2, 0) is 14.8 Å². The van der Waals surface area contributed by atoms with Gasteiger partial charge in [0.1, 0.15) is 6.04 Å². The summed E-state index contributed by atoms with van der Waals surface area (Å²) in [7, 11) is -3.85. The second-order valence-electron chi connectivity index (χ2n) is 5.22. The normalized spacial score (nSPS) is 21.2. The van der Waals surface area contributed by atoms with Crippen LogP contribution < -0.4 is 0 Å². The molecule has 2 heterocycles.